The van der Waals surface area contributed by atoms with Crippen LogP contribution in [0.3, 0.4) is 0 Å². The van der Waals surface area contributed by atoms with Crippen molar-refractivity contribution in [2.24, 2.45) is 5.92 Å². The van der Waals surface area contributed by atoms with E-state index in [0.29, 0.717) is 30.0 Å². The fourth-order valence-electron chi connectivity index (χ4n) is 3.60. The van der Waals surface area contributed by atoms with Crippen LogP contribution in [0.25, 0.3) is 0 Å². The van der Waals surface area contributed by atoms with Gasteiger partial charge in [-0.25, -0.2) is 8.78 Å². The molecular weight excluding hydrogens is 398 g/mol. The van der Waals surface area contributed by atoms with E-state index in [0.717, 1.165) is 44.3 Å². The van der Waals surface area contributed by atoms with Gasteiger partial charge in [0.05, 0.1) is 7.11 Å². The number of piperidine rings is 1. The van der Waals surface area contributed by atoms with Crippen molar-refractivity contribution < 1.29 is 18.3 Å². The van der Waals surface area contributed by atoms with Gasteiger partial charge in [0.15, 0.2) is 0 Å². The van der Waals surface area contributed by atoms with Crippen molar-refractivity contribution >= 4 is 18.3 Å². The first kappa shape index (κ1) is 23.1. The van der Waals surface area contributed by atoms with Crippen molar-refractivity contribution in [1.82, 2.24) is 10.2 Å². The van der Waals surface area contributed by atoms with Crippen LogP contribution in [-0.4, -0.2) is 44.1 Å². The number of benzene rings is 2. The molecule has 0 bridgehead atoms. The number of rotatable bonds is 7. The van der Waals surface area contributed by atoms with E-state index < -0.39 is 0 Å². The minimum Gasteiger partial charge on any atom is -0.497 e. The summed E-state index contributed by atoms with van der Waals surface area (Å²) in [5, 5.41) is 2.94. The van der Waals surface area contributed by atoms with Crippen LogP contribution >= 0.6 is 12.4 Å². The van der Waals surface area contributed by atoms with Gasteiger partial charge < -0.3 is 15.0 Å². The van der Waals surface area contributed by atoms with Gasteiger partial charge in [0.2, 0.25) is 0 Å². The normalized spacial score (nSPS) is 14.9. The number of carbonyl (C=O) groups is 1. The molecule has 2 aromatic carbocycles. The van der Waals surface area contributed by atoms with Crippen molar-refractivity contribution in [3.8, 4) is 5.75 Å². The number of likely N-dealkylation sites (tertiary alicyclic amines) is 1. The molecule has 0 aromatic heterocycles. The number of hydrogen-bond donors (Lipinski definition) is 1. The highest BCUT2D eigenvalue weighted by atomic mass is 35.5. The first-order chi connectivity index (χ1) is 13.5. The smallest absolute Gasteiger partial charge is 0.251 e. The topological polar surface area (TPSA) is 41.6 Å². The van der Waals surface area contributed by atoms with E-state index in [2.05, 4.69) is 10.2 Å². The average molecular weight is 425 g/mol. The summed E-state index contributed by atoms with van der Waals surface area (Å²) in [7, 11) is 1.59. The van der Waals surface area contributed by atoms with Gasteiger partial charge in [-0.3, -0.25) is 4.79 Å². The minimum absolute atomic E-state index is 0. The molecule has 0 atom stereocenters. The first-order valence-electron chi connectivity index (χ1n) is 9.63. The summed E-state index contributed by atoms with van der Waals surface area (Å²) < 4.78 is 32.2. The Hall–Kier alpha value is -2.18. The molecule has 1 N–H and O–H groups in total. The average Bonchev–Trinajstić information content (AvgIpc) is 2.72. The quantitative estimate of drug-likeness (QED) is 0.728. The zero-order chi connectivity index (χ0) is 19.9. The Morgan fingerprint density at radius 1 is 1.14 bits per heavy atom. The summed E-state index contributed by atoms with van der Waals surface area (Å²) in [6, 6.07) is 10.7. The third kappa shape index (κ3) is 6.68. The molecule has 29 heavy (non-hydrogen) atoms. The van der Waals surface area contributed by atoms with Crippen molar-refractivity contribution in [1.29, 1.82) is 0 Å². The molecule has 0 aliphatic carbocycles. The highest BCUT2D eigenvalue weighted by molar-refractivity contribution is 5.94. The Kier molecular flexibility index (Phi) is 8.86. The highest BCUT2D eigenvalue weighted by Gasteiger charge is 2.20. The Morgan fingerprint density at radius 3 is 2.48 bits per heavy atom. The number of carbonyl (C=O) groups excluding carboxylic acids is 1. The van der Waals surface area contributed by atoms with Gasteiger partial charge in [0.25, 0.3) is 5.91 Å². The second-order valence-electron chi connectivity index (χ2n) is 7.21. The number of ether oxygens (including phenoxy) is 1. The van der Waals surface area contributed by atoms with Crippen LogP contribution in [0.5, 0.6) is 5.75 Å². The molecule has 4 nitrogen and oxygen atoms in total. The molecule has 158 valence electrons. The monoisotopic (exact) mass is 424 g/mol. The lowest BCUT2D eigenvalue weighted by Gasteiger charge is -2.32. The molecule has 3 rings (SSSR count). The molecule has 0 spiro atoms. The predicted molar refractivity (Wildman–Crippen MR) is 112 cm³/mol. The molecule has 0 saturated carbocycles. The summed E-state index contributed by atoms with van der Waals surface area (Å²) in [6.07, 6.45) is 2.47. The molecule has 7 heteroatoms. The number of nitrogens with one attached hydrogen (secondary N) is 1. The molecule has 2 aromatic rings. The minimum atomic E-state index is -0.388. The lowest BCUT2D eigenvalue weighted by Crippen LogP contribution is -2.40. The largest absolute Gasteiger partial charge is 0.497 e. The molecule has 1 heterocycles. The molecule has 1 fully saturated rings. The Bertz CT molecular complexity index is 794. The lowest BCUT2D eigenvalue weighted by atomic mass is 9.90. The van der Waals surface area contributed by atoms with Crippen LogP contribution in [0.2, 0.25) is 0 Å². The van der Waals surface area contributed by atoms with Crippen LogP contribution in [-0.2, 0) is 6.42 Å². The number of hydrogen-bond acceptors (Lipinski definition) is 3. The summed E-state index contributed by atoms with van der Waals surface area (Å²) in [4.78, 5) is 14.5. The number of methoxy groups -OCH3 is 1. The van der Waals surface area contributed by atoms with E-state index in [9.17, 15) is 13.6 Å². The van der Waals surface area contributed by atoms with E-state index in [-0.39, 0.29) is 29.9 Å². The number of amides is 1. The molecule has 1 aliphatic heterocycles. The van der Waals surface area contributed by atoms with Gasteiger partial charge in [0.1, 0.15) is 17.4 Å². The zero-order valence-electron chi connectivity index (χ0n) is 16.5. The van der Waals surface area contributed by atoms with E-state index in [1.165, 1.54) is 12.1 Å². The van der Waals surface area contributed by atoms with E-state index in [1.807, 2.05) is 0 Å². The predicted octanol–water partition coefficient (Wildman–Crippen LogP) is 4.08. The fraction of sp³-hybridized carbons (Fsp3) is 0.409. The van der Waals surface area contributed by atoms with E-state index >= 15 is 0 Å². The Balaban J connectivity index is 0.00000300. The van der Waals surface area contributed by atoms with Gasteiger partial charge >= 0.3 is 0 Å². The molecular formula is C22H27ClF2N2O2. The third-order valence-electron chi connectivity index (χ3n) is 5.29. The van der Waals surface area contributed by atoms with Crippen LogP contribution in [0.4, 0.5) is 8.78 Å². The van der Waals surface area contributed by atoms with Gasteiger partial charge in [0, 0.05) is 18.7 Å². The maximum Gasteiger partial charge on any atom is 0.251 e. The van der Waals surface area contributed by atoms with Gasteiger partial charge in [-0.05, 0) is 86.3 Å². The lowest BCUT2D eigenvalue weighted by molar-refractivity contribution is 0.0944. The third-order valence-corrected chi connectivity index (χ3v) is 5.29. The van der Waals surface area contributed by atoms with Crippen molar-refractivity contribution in [2.45, 2.75) is 19.3 Å². The van der Waals surface area contributed by atoms with Gasteiger partial charge in [-0.15, -0.1) is 12.4 Å². The zero-order valence-corrected chi connectivity index (χ0v) is 17.3. The molecule has 1 amide bonds. The van der Waals surface area contributed by atoms with E-state index in [1.54, 1.807) is 31.4 Å². The maximum atomic E-state index is 13.8. The second kappa shape index (κ2) is 11.1. The van der Waals surface area contributed by atoms with E-state index in [4.69, 9.17) is 4.74 Å². The highest BCUT2D eigenvalue weighted by Crippen LogP contribution is 2.23. The molecule has 0 unspecified atom stereocenters. The molecule has 1 aliphatic rings. The SMILES string of the molecule is COc1ccc(C(=O)NCCN2CCC(Cc3cc(F)ccc3F)CC2)cc1.Cl. The summed E-state index contributed by atoms with van der Waals surface area (Å²) in [5.74, 6) is 0.268. The van der Waals surface area contributed by atoms with Crippen LogP contribution in [0.15, 0.2) is 42.5 Å². The second-order valence-corrected chi connectivity index (χ2v) is 7.21. The van der Waals surface area contributed by atoms with Gasteiger partial charge in [-0.2, -0.15) is 0 Å². The van der Waals surface area contributed by atoms with Gasteiger partial charge in [-0.1, -0.05) is 0 Å². The van der Waals surface area contributed by atoms with Crippen LogP contribution < -0.4 is 10.1 Å². The molecule has 1 saturated heterocycles. The number of nitrogens with zero attached hydrogens (tertiary/aromatic N) is 1. The van der Waals surface area contributed by atoms with Crippen molar-refractivity contribution in [2.75, 3.05) is 33.3 Å². The Morgan fingerprint density at radius 2 is 1.83 bits per heavy atom. The van der Waals surface area contributed by atoms with Crippen molar-refractivity contribution in [3.63, 3.8) is 0 Å². The maximum absolute atomic E-state index is 13.8. The van der Waals surface area contributed by atoms with Crippen molar-refractivity contribution in [3.05, 3.63) is 65.2 Å². The Labute approximate surface area is 176 Å². The standard InChI is InChI=1S/C22H26F2N2O2.ClH/c1-28-20-5-2-17(3-6-20)22(27)25-10-13-26-11-8-16(9-12-26)14-18-15-19(23)4-7-21(18)24;/h2-7,15-16H,8-14H2,1H3,(H,25,27);1H. The summed E-state index contributed by atoms with van der Waals surface area (Å²) in [5.41, 5.74) is 1.07. The number of halogens is 3. The van der Waals surface area contributed by atoms with Crippen LogP contribution in [0.1, 0.15) is 28.8 Å². The summed E-state index contributed by atoms with van der Waals surface area (Å²) >= 11 is 0. The molecule has 0 radical (unpaired) electrons. The first-order valence-corrected chi connectivity index (χ1v) is 9.63. The van der Waals surface area contributed by atoms with Crippen LogP contribution in [0, 0.1) is 17.6 Å². The summed E-state index contributed by atoms with van der Waals surface area (Å²) in [6.45, 7) is 3.16. The fourth-order valence-corrected chi connectivity index (χ4v) is 3.60.